The molecule has 4 nitrogen and oxygen atoms in total. The van der Waals surface area contributed by atoms with Gasteiger partial charge in [-0.1, -0.05) is 0 Å². The number of hydrogen-bond donors (Lipinski definition) is 2. The summed E-state index contributed by atoms with van der Waals surface area (Å²) in [5.74, 6) is 1.74. The lowest BCUT2D eigenvalue weighted by Gasteiger charge is -2.56. The summed E-state index contributed by atoms with van der Waals surface area (Å²) < 4.78 is 0. The van der Waals surface area contributed by atoms with Crippen LogP contribution in [0.1, 0.15) is 60.5 Å². The predicted molar refractivity (Wildman–Crippen MR) is 70.1 cm³/mol. The number of H-pyrrole nitrogens is 1. The molecule has 102 valence electrons. The summed E-state index contributed by atoms with van der Waals surface area (Å²) >= 11 is 0. The molecule has 4 heteroatoms. The van der Waals surface area contributed by atoms with E-state index < -0.39 is 5.97 Å². The van der Waals surface area contributed by atoms with Gasteiger partial charge in [-0.25, -0.2) is 9.78 Å². The molecule has 2 N–H and O–H groups in total. The molecule has 0 aromatic carbocycles. The maximum Gasteiger partial charge on any atom is 0.371 e. The van der Waals surface area contributed by atoms with Gasteiger partial charge in [0, 0.05) is 11.1 Å². The maximum absolute atomic E-state index is 11.1. The second-order valence-electron chi connectivity index (χ2n) is 7.06. The van der Waals surface area contributed by atoms with Gasteiger partial charge in [0.25, 0.3) is 0 Å². The first-order valence-corrected chi connectivity index (χ1v) is 7.36. The molecule has 1 aromatic rings. The van der Waals surface area contributed by atoms with Crippen molar-refractivity contribution in [3.63, 3.8) is 0 Å². The second kappa shape index (κ2) is 3.62. The minimum atomic E-state index is -0.945. The molecule has 0 radical (unpaired) electrons. The highest BCUT2D eigenvalue weighted by Crippen LogP contribution is 2.60. The van der Waals surface area contributed by atoms with E-state index in [1.54, 1.807) is 0 Å². The van der Waals surface area contributed by atoms with Gasteiger partial charge in [0.1, 0.15) is 0 Å². The number of hydrogen-bond acceptors (Lipinski definition) is 2. The van der Waals surface area contributed by atoms with Crippen LogP contribution in [0, 0.1) is 24.7 Å². The Labute approximate surface area is 112 Å². The van der Waals surface area contributed by atoms with Crippen LogP contribution in [0.5, 0.6) is 0 Å². The molecular formula is C15H20N2O2. The van der Waals surface area contributed by atoms with E-state index in [2.05, 4.69) is 9.97 Å². The number of aromatic nitrogens is 2. The molecule has 0 aliphatic heterocycles. The average molecular weight is 260 g/mol. The molecule has 4 saturated carbocycles. The lowest BCUT2D eigenvalue weighted by molar-refractivity contribution is -0.00735. The van der Waals surface area contributed by atoms with Crippen LogP contribution >= 0.6 is 0 Å². The zero-order valence-electron chi connectivity index (χ0n) is 11.3. The monoisotopic (exact) mass is 260 g/mol. The molecule has 5 rings (SSSR count). The Morgan fingerprint density at radius 1 is 1.21 bits per heavy atom. The van der Waals surface area contributed by atoms with Crippen molar-refractivity contribution in [3.05, 3.63) is 17.2 Å². The largest absolute Gasteiger partial charge is 0.475 e. The highest BCUT2D eigenvalue weighted by molar-refractivity contribution is 5.83. The van der Waals surface area contributed by atoms with E-state index in [4.69, 9.17) is 5.11 Å². The van der Waals surface area contributed by atoms with Crippen molar-refractivity contribution < 1.29 is 9.90 Å². The molecule has 0 amide bonds. The van der Waals surface area contributed by atoms with Crippen molar-refractivity contribution >= 4 is 5.97 Å². The van der Waals surface area contributed by atoms with Crippen molar-refractivity contribution in [1.29, 1.82) is 0 Å². The fourth-order valence-electron chi connectivity index (χ4n) is 5.48. The normalized spacial score (nSPS) is 39.7. The van der Waals surface area contributed by atoms with Gasteiger partial charge in [0.15, 0.2) is 0 Å². The first-order chi connectivity index (χ1) is 9.06. The van der Waals surface area contributed by atoms with Crippen LogP contribution in [0.4, 0.5) is 0 Å². The Bertz CT molecular complexity index is 511. The number of nitrogens with one attached hydrogen (secondary N) is 1. The van der Waals surface area contributed by atoms with Crippen LogP contribution in [0.15, 0.2) is 0 Å². The van der Waals surface area contributed by atoms with Gasteiger partial charge in [-0.2, -0.15) is 0 Å². The lowest BCUT2D eigenvalue weighted by Crippen LogP contribution is -2.49. The van der Waals surface area contributed by atoms with Crippen molar-refractivity contribution in [3.8, 4) is 0 Å². The Morgan fingerprint density at radius 3 is 2.16 bits per heavy atom. The number of carboxylic acid groups (broad SMARTS) is 1. The van der Waals surface area contributed by atoms with E-state index in [0.717, 1.165) is 29.1 Å². The van der Waals surface area contributed by atoms with Crippen molar-refractivity contribution in [1.82, 2.24) is 9.97 Å². The van der Waals surface area contributed by atoms with E-state index >= 15 is 0 Å². The summed E-state index contributed by atoms with van der Waals surface area (Å²) in [6, 6.07) is 0. The number of aromatic amines is 1. The lowest BCUT2D eigenvalue weighted by atomic mass is 9.48. The van der Waals surface area contributed by atoms with Crippen LogP contribution in [-0.4, -0.2) is 21.0 Å². The van der Waals surface area contributed by atoms with Gasteiger partial charge >= 0.3 is 5.97 Å². The standard InChI is InChI=1S/C15H20N2O2/c1-8-12(17-13(16-8)14(18)19)15-5-9-2-10(6-15)4-11(3-9)7-15/h9-11H,2-7H2,1H3,(H,16,17)(H,18,19). The third-order valence-electron chi connectivity index (χ3n) is 5.63. The summed E-state index contributed by atoms with van der Waals surface area (Å²) in [6.45, 7) is 1.98. The number of aryl methyl sites for hydroxylation is 1. The van der Waals surface area contributed by atoms with E-state index in [9.17, 15) is 4.79 Å². The summed E-state index contributed by atoms with van der Waals surface area (Å²) in [4.78, 5) is 18.5. The van der Waals surface area contributed by atoms with Gasteiger partial charge in [-0.15, -0.1) is 0 Å². The molecule has 1 heterocycles. The minimum Gasteiger partial charge on any atom is -0.475 e. The molecule has 4 aliphatic rings. The van der Waals surface area contributed by atoms with Gasteiger partial charge in [-0.05, 0) is 63.2 Å². The number of rotatable bonds is 2. The van der Waals surface area contributed by atoms with E-state index in [1.165, 1.54) is 38.5 Å². The number of imidazole rings is 1. The SMILES string of the molecule is Cc1[nH]c(C(=O)O)nc1C12CC3CC(CC(C3)C1)C2. The Balaban J connectivity index is 1.77. The molecule has 4 bridgehead atoms. The van der Waals surface area contributed by atoms with Crippen LogP contribution in [0.3, 0.4) is 0 Å². The van der Waals surface area contributed by atoms with E-state index in [1.807, 2.05) is 6.92 Å². The molecule has 0 unspecified atom stereocenters. The zero-order valence-corrected chi connectivity index (χ0v) is 11.3. The summed E-state index contributed by atoms with van der Waals surface area (Å²) in [6.07, 6.45) is 7.87. The zero-order chi connectivity index (χ0) is 13.2. The Morgan fingerprint density at radius 2 is 1.74 bits per heavy atom. The minimum absolute atomic E-state index is 0.114. The quantitative estimate of drug-likeness (QED) is 0.859. The van der Waals surface area contributed by atoms with E-state index in [-0.39, 0.29) is 11.2 Å². The third-order valence-corrected chi connectivity index (χ3v) is 5.63. The third kappa shape index (κ3) is 1.58. The van der Waals surface area contributed by atoms with Gasteiger partial charge in [0.2, 0.25) is 5.82 Å². The highest BCUT2D eigenvalue weighted by Gasteiger charge is 2.53. The number of carbonyl (C=O) groups is 1. The van der Waals surface area contributed by atoms with Crippen LogP contribution < -0.4 is 0 Å². The number of aromatic carboxylic acids is 1. The van der Waals surface area contributed by atoms with Crippen molar-refractivity contribution in [2.45, 2.75) is 50.9 Å². The van der Waals surface area contributed by atoms with Crippen LogP contribution in [-0.2, 0) is 5.41 Å². The molecule has 4 aliphatic carbocycles. The first-order valence-electron chi connectivity index (χ1n) is 7.36. The molecule has 1 aromatic heterocycles. The molecule has 0 spiro atoms. The fourth-order valence-corrected chi connectivity index (χ4v) is 5.48. The first kappa shape index (κ1) is 11.5. The predicted octanol–water partition coefficient (Wildman–Crippen LogP) is 2.88. The maximum atomic E-state index is 11.1. The molecule has 0 saturated heterocycles. The molecule has 19 heavy (non-hydrogen) atoms. The molecule has 4 fully saturated rings. The molecule has 0 atom stereocenters. The van der Waals surface area contributed by atoms with E-state index in [0.29, 0.717) is 0 Å². The Hall–Kier alpha value is -1.32. The van der Waals surface area contributed by atoms with Crippen molar-refractivity contribution in [2.24, 2.45) is 17.8 Å². The smallest absolute Gasteiger partial charge is 0.371 e. The highest BCUT2D eigenvalue weighted by atomic mass is 16.4. The van der Waals surface area contributed by atoms with Gasteiger partial charge in [-0.3, -0.25) is 0 Å². The number of carboxylic acids is 1. The van der Waals surface area contributed by atoms with Gasteiger partial charge in [0.05, 0.1) is 5.69 Å². The Kier molecular flexibility index (Phi) is 2.19. The van der Waals surface area contributed by atoms with Gasteiger partial charge < -0.3 is 10.1 Å². The summed E-state index contributed by atoms with van der Waals surface area (Å²) in [5, 5.41) is 9.11. The second-order valence-corrected chi connectivity index (χ2v) is 7.06. The average Bonchev–Trinajstić information content (AvgIpc) is 2.70. The van der Waals surface area contributed by atoms with Crippen LogP contribution in [0.25, 0.3) is 0 Å². The topological polar surface area (TPSA) is 66.0 Å². The molecular weight excluding hydrogens is 240 g/mol. The van der Waals surface area contributed by atoms with Crippen LogP contribution in [0.2, 0.25) is 0 Å². The number of nitrogens with zero attached hydrogens (tertiary/aromatic N) is 1. The fraction of sp³-hybridized carbons (Fsp3) is 0.733. The summed E-state index contributed by atoms with van der Waals surface area (Å²) in [5.41, 5.74) is 2.21. The van der Waals surface area contributed by atoms with Crippen molar-refractivity contribution in [2.75, 3.05) is 0 Å². The summed E-state index contributed by atoms with van der Waals surface area (Å²) in [7, 11) is 0.